The fraction of sp³-hybridized carbons (Fsp3) is 0.529. The van der Waals surface area contributed by atoms with Gasteiger partial charge >= 0.3 is 0 Å². The second-order valence-electron chi connectivity index (χ2n) is 5.27. The van der Waals surface area contributed by atoms with Crippen LogP contribution >= 0.6 is 0 Å². The van der Waals surface area contributed by atoms with Crippen LogP contribution in [0.1, 0.15) is 50.9 Å². The monoisotopic (exact) mass is 305 g/mol. The number of ether oxygens (including phenoxy) is 2. The van der Waals surface area contributed by atoms with Crippen molar-refractivity contribution in [2.45, 2.75) is 46.1 Å². The van der Waals surface area contributed by atoms with Crippen LogP contribution in [0.3, 0.4) is 0 Å². The van der Waals surface area contributed by atoms with E-state index in [2.05, 4.69) is 0 Å². The molecule has 5 nitrogen and oxygen atoms in total. The third kappa shape index (κ3) is 2.45. The Morgan fingerprint density at radius 3 is 2.41 bits per heavy atom. The van der Waals surface area contributed by atoms with Gasteiger partial charge < -0.3 is 14.4 Å². The number of nitrogens with zero attached hydrogens (tertiary/aromatic N) is 1. The summed E-state index contributed by atoms with van der Waals surface area (Å²) in [5.41, 5.74) is 0.216. The highest BCUT2D eigenvalue weighted by Gasteiger charge is 2.46. The molecule has 120 valence electrons. The molecule has 0 bridgehead atoms. The predicted octanol–water partition coefficient (Wildman–Crippen LogP) is 3.20. The molecule has 1 amide bonds. The van der Waals surface area contributed by atoms with Crippen molar-refractivity contribution in [3.63, 3.8) is 0 Å². The molecule has 1 aromatic carbocycles. The maximum atomic E-state index is 12.8. The molecule has 0 saturated carbocycles. The van der Waals surface area contributed by atoms with E-state index in [-0.39, 0.29) is 5.91 Å². The zero-order chi connectivity index (χ0) is 16.3. The number of amides is 1. The van der Waals surface area contributed by atoms with Gasteiger partial charge in [0.15, 0.2) is 17.1 Å². The van der Waals surface area contributed by atoms with Gasteiger partial charge in [0, 0.05) is 12.1 Å². The average molecular weight is 305 g/mol. The quantitative estimate of drug-likeness (QED) is 0.757. The van der Waals surface area contributed by atoms with E-state index in [1.54, 1.807) is 17.0 Å². The summed E-state index contributed by atoms with van der Waals surface area (Å²) in [7, 11) is 0. The van der Waals surface area contributed by atoms with Crippen molar-refractivity contribution in [3.8, 4) is 11.5 Å². The number of rotatable bonds is 6. The summed E-state index contributed by atoms with van der Waals surface area (Å²) in [6.45, 7) is 8.66. The first-order chi connectivity index (χ1) is 10.6. The highest BCUT2D eigenvalue weighted by atomic mass is 16.5. The predicted molar refractivity (Wildman–Crippen MR) is 85.0 cm³/mol. The van der Waals surface area contributed by atoms with E-state index in [0.29, 0.717) is 48.7 Å². The fourth-order valence-corrected chi connectivity index (χ4v) is 2.85. The number of benzene rings is 1. The lowest BCUT2D eigenvalue weighted by Crippen LogP contribution is -2.55. The molecule has 1 aliphatic heterocycles. The van der Waals surface area contributed by atoms with E-state index in [1.807, 2.05) is 27.7 Å². The first-order valence-corrected chi connectivity index (χ1v) is 7.83. The number of likely N-dealkylation sites (N-methyl/N-ethyl adjacent to an activating group) is 1. The number of carbonyl (C=O) groups excluding carboxylic acids is 2. The minimum atomic E-state index is -0.864. The van der Waals surface area contributed by atoms with Crippen LogP contribution < -0.4 is 14.4 Å². The maximum Gasteiger partial charge on any atom is 0.271 e. The molecular formula is C17H23NO4. The summed E-state index contributed by atoms with van der Waals surface area (Å²) in [4.78, 5) is 25.7. The van der Waals surface area contributed by atoms with Crippen molar-refractivity contribution in [1.82, 2.24) is 0 Å². The number of aldehydes is 1. The Balaban J connectivity index is 2.67. The van der Waals surface area contributed by atoms with Crippen LogP contribution in [-0.2, 0) is 4.79 Å². The second kappa shape index (κ2) is 6.38. The number of hydrogen-bond acceptors (Lipinski definition) is 4. The van der Waals surface area contributed by atoms with E-state index < -0.39 is 5.60 Å². The number of carbonyl (C=O) groups is 2. The molecule has 0 aromatic heterocycles. The molecule has 0 spiro atoms. The Morgan fingerprint density at radius 1 is 1.23 bits per heavy atom. The Hall–Kier alpha value is -2.04. The molecule has 0 unspecified atom stereocenters. The summed E-state index contributed by atoms with van der Waals surface area (Å²) in [6, 6.07) is 3.34. The Labute approximate surface area is 131 Å². The lowest BCUT2D eigenvalue weighted by Gasteiger charge is -2.42. The molecule has 1 heterocycles. The van der Waals surface area contributed by atoms with E-state index in [0.717, 1.165) is 6.29 Å². The zero-order valence-corrected chi connectivity index (χ0v) is 13.6. The molecule has 22 heavy (non-hydrogen) atoms. The molecular weight excluding hydrogens is 282 g/mol. The molecule has 0 radical (unpaired) electrons. The molecule has 1 aromatic rings. The van der Waals surface area contributed by atoms with Crippen LogP contribution in [0.5, 0.6) is 11.5 Å². The molecule has 5 heteroatoms. The Bertz CT molecular complexity index is 578. The molecule has 1 aliphatic rings. The molecule has 0 atom stereocenters. The van der Waals surface area contributed by atoms with Crippen LogP contribution in [0.4, 0.5) is 5.69 Å². The molecule has 0 fully saturated rings. The van der Waals surface area contributed by atoms with Gasteiger partial charge in [-0.3, -0.25) is 9.59 Å². The zero-order valence-electron chi connectivity index (χ0n) is 13.6. The third-order valence-corrected chi connectivity index (χ3v) is 4.18. The van der Waals surface area contributed by atoms with Crippen LogP contribution in [0, 0.1) is 0 Å². The van der Waals surface area contributed by atoms with Gasteiger partial charge in [-0.2, -0.15) is 0 Å². The third-order valence-electron chi connectivity index (χ3n) is 4.18. The summed E-state index contributed by atoms with van der Waals surface area (Å²) in [5.74, 6) is 1.01. The second-order valence-corrected chi connectivity index (χ2v) is 5.27. The fourth-order valence-electron chi connectivity index (χ4n) is 2.85. The molecule has 0 saturated heterocycles. The smallest absolute Gasteiger partial charge is 0.271 e. The van der Waals surface area contributed by atoms with Crippen molar-refractivity contribution in [3.05, 3.63) is 17.7 Å². The van der Waals surface area contributed by atoms with E-state index in [4.69, 9.17) is 9.47 Å². The van der Waals surface area contributed by atoms with Crippen LogP contribution in [0.2, 0.25) is 0 Å². The van der Waals surface area contributed by atoms with Crippen molar-refractivity contribution in [1.29, 1.82) is 0 Å². The van der Waals surface area contributed by atoms with Crippen LogP contribution in [-0.4, -0.2) is 30.9 Å². The van der Waals surface area contributed by atoms with Gasteiger partial charge in [0.25, 0.3) is 5.91 Å². The first kappa shape index (κ1) is 16.3. The summed E-state index contributed by atoms with van der Waals surface area (Å²) < 4.78 is 11.7. The van der Waals surface area contributed by atoms with Gasteiger partial charge in [0.1, 0.15) is 6.29 Å². The van der Waals surface area contributed by atoms with Gasteiger partial charge in [-0.15, -0.1) is 0 Å². The minimum Gasteiger partial charge on any atom is -0.490 e. The minimum absolute atomic E-state index is 0.0574. The maximum absolute atomic E-state index is 12.8. The van der Waals surface area contributed by atoms with Gasteiger partial charge in [0.2, 0.25) is 0 Å². The van der Waals surface area contributed by atoms with Gasteiger partial charge in [-0.25, -0.2) is 0 Å². The van der Waals surface area contributed by atoms with Gasteiger partial charge in [-0.1, -0.05) is 13.8 Å². The average Bonchev–Trinajstić information content (AvgIpc) is 2.54. The lowest BCUT2D eigenvalue weighted by atomic mass is 9.92. The van der Waals surface area contributed by atoms with E-state index >= 15 is 0 Å². The summed E-state index contributed by atoms with van der Waals surface area (Å²) in [6.07, 6.45) is 1.92. The van der Waals surface area contributed by atoms with Crippen LogP contribution in [0.25, 0.3) is 0 Å². The van der Waals surface area contributed by atoms with Gasteiger partial charge in [-0.05, 0) is 38.8 Å². The summed E-state index contributed by atoms with van der Waals surface area (Å²) >= 11 is 0. The highest BCUT2D eigenvalue weighted by molar-refractivity contribution is 6.04. The normalized spacial score (nSPS) is 16.0. The van der Waals surface area contributed by atoms with Crippen LogP contribution in [0.15, 0.2) is 12.1 Å². The standard InChI is InChI=1S/C17H23NO4/c1-5-17(6-2)16(20)18(7-3)13-9-12(11-19)10-14(21-8-4)15(13)22-17/h9-11H,5-8H2,1-4H3. The topological polar surface area (TPSA) is 55.8 Å². The van der Waals surface area contributed by atoms with Crippen molar-refractivity contribution >= 4 is 17.9 Å². The lowest BCUT2D eigenvalue weighted by molar-refractivity contribution is -0.136. The number of fused-ring (bicyclic) bond motifs is 1. The van der Waals surface area contributed by atoms with Gasteiger partial charge in [0.05, 0.1) is 12.3 Å². The number of anilines is 1. The summed E-state index contributed by atoms with van der Waals surface area (Å²) in [5, 5.41) is 0. The molecule has 0 N–H and O–H groups in total. The highest BCUT2D eigenvalue weighted by Crippen LogP contribution is 2.46. The van der Waals surface area contributed by atoms with Crippen molar-refractivity contribution in [2.75, 3.05) is 18.1 Å². The largest absolute Gasteiger partial charge is 0.490 e. The van der Waals surface area contributed by atoms with E-state index in [1.165, 1.54) is 0 Å². The number of hydrogen-bond donors (Lipinski definition) is 0. The molecule has 0 aliphatic carbocycles. The first-order valence-electron chi connectivity index (χ1n) is 7.83. The Morgan fingerprint density at radius 2 is 1.91 bits per heavy atom. The molecule has 2 rings (SSSR count). The van der Waals surface area contributed by atoms with E-state index in [9.17, 15) is 9.59 Å². The van der Waals surface area contributed by atoms with Crippen molar-refractivity contribution in [2.24, 2.45) is 0 Å². The van der Waals surface area contributed by atoms with Crippen molar-refractivity contribution < 1.29 is 19.1 Å². The Kier molecular flexibility index (Phi) is 4.74. The SMILES string of the molecule is CCOc1cc(C=O)cc2c1OC(CC)(CC)C(=O)N2CC.